The van der Waals surface area contributed by atoms with E-state index in [0.717, 1.165) is 22.3 Å². The number of aromatic nitrogens is 4. The van der Waals surface area contributed by atoms with Crippen LogP contribution < -0.4 is 15.4 Å². The van der Waals surface area contributed by atoms with Gasteiger partial charge in [-0.05, 0) is 41.3 Å². The van der Waals surface area contributed by atoms with E-state index in [-0.39, 0.29) is 41.2 Å². The van der Waals surface area contributed by atoms with Crippen LogP contribution >= 0.6 is 0 Å². The van der Waals surface area contributed by atoms with Gasteiger partial charge in [0.25, 0.3) is 0 Å². The van der Waals surface area contributed by atoms with Gasteiger partial charge in [-0.1, -0.05) is 103 Å². The van der Waals surface area contributed by atoms with Crippen LogP contribution in [0.3, 0.4) is 0 Å². The van der Waals surface area contributed by atoms with Gasteiger partial charge in [0.1, 0.15) is 18.0 Å². The van der Waals surface area contributed by atoms with Crippen LogP contribution in [0, 0.1) is 0 Å². The van der Waals surface area contributed by atoms with Gasteiger partial charge in [-0.15, -0.1) is 0 Å². The summed E-state index contributed by atoms with van der Waals surface area (Å²) in [5, 5.41) is 28.1. The Morgan fingerprint density at radius 3 is 2.07 bits per heavy atom. The lowest BCUT2D eigenvalue weighted by Gasteiger charge is -2.20. The van der Waals surface area contributed by atoms with Crippen molar-refractivity contribution in [3.05, 3.63) is 139 Å². The van der Waals surface area contributed by atoms with E-state index in [2.05, 4.69) is 49.6 Å². The SMILES string of the molecule is CCNC(=O)C[C@@H]1O[C@@H](n2cnc3c(NCC(c4ccccc4)c4ccccc4)nc(CNS(=O)(=O)c4ccc(-c5ccccc5)cc4)nc32)[C@H](O)[C@@H]1O. The number of sulfonamides is 1. The van der Waals surface area contributed by atoms with Crippen LogP contribution in [0.4, 0.5) is 5.82 Å². The van der Waals surface area contributed by atoms with E-state index >= 15 is 0 Å². The van der Waals surface area contributed by atoms with Crippen molar-refractivity contribution < 1.29 is 28.2 Å². The van der Waals surface area contributed by atoms with Crippen molar-refractivity contribution in [2.45, 2.75) is 55.2 Å². The van der Waals surface area contributed by atoms with Crippen molar-refractivity contribution >= 4 is 32.9 Å². The van der Waals surface area contributed by atoms with Crippen molar-refractivity contribution in [2.75, 3.05) is 18.4 Å². The number of hydrogen-bond donors (Lipinski definition) is 5. The van der Waals surface area contributed by atoms with Crippen molar-refractivity contribution in [3.8, 4) is 11.1 Å². The standard InChI is InChI=1S/C40H41N7O6S/c1-2-41-34(48)22-32-36(49)37(50)40(53-32)47-25-43-35-38(42-23-31(28-14-8-4-9-15-28)29-16-10-5-11-17-29)45-33(46-39(35)47)24-44-54(51,52)30-20-18-27(19-21-30)26-12-6-3-7-13-26/h3-21,25,31-32,36-37,40,44,49-50H,2,22-24H2,1H3,(H,41,48)(H,42,45,46)/t32-,36+,37+,40+/m0/s1. The van der Waals surface area contributed by atoms with Crippen LogP contribution in [-0.4, -0.2) is 75.5 Å². The smallest absolute Gasteiger partial charge is 0.240 e. The van der Waals surface area contributed by atoms with E-state index in [4.69, 9.17) is 9.72 Å². The van der Waals surface area contributed by atoms with Gasteiger partial charge in [-0.25, -0.2) is 28.1 Å². The highest BCUT2D eigenvalue weighted by Gasteiger charge is 2.45. The average molecular weight is 748 g/mol. The number of nitrogens with one attached hydrogen (secondary N) is 3. The highest BCUT2D eigenvalue weighted by molar-refractivity contribution is 7.89. The van der Waals surface area contributed by atoms with Crippen LogP contribution in [0.2, 0.25) is 0 Å². The molecule has 54 heavy (non-hydrogen) atoms. The molecule has 1 saturated heterocycles. The van der Waals surface area contributed by atoms with Gasteiger partial charge in [0.05, 0.1) is 30.3 Å². The molecule has 5 N–H and O–H groups in total. The second-order valence-corrected chi connectivity index (χ2v) is 14.8. The molecule has 0 bridgehead atoms. The number of nitrogens with zero attached hydrogens (tertiary/aromatic N) is 4. The fraction of sp³-hybridized carbons (Fsp3) is 0.250. The highest BCUT2D eigenvalue weighted by atomic mass is 32.2. The maximum absolute atomic E-state index is 13.5. The molecule has 13 nitrogen and oxygen atoms in total. The number of carbonyl (C=O) groups is 1. The minimum atomic E-state index is -3.98. The number of imidazole rings is 1. The maximum Gasteiger partial charge on any atom is 0.240 e. The van der Waals surface area contributed by atoms with E-state index in [1.54, 1.807) is 31.2 Å². The molecule has 0 radical (unpaired) electrons. The summed E-state index contributed by atoms with van der Waals surface area (Å²) in [5.74, 6) is 0.0582. The zero-order valence-electron chi connectivity index (χ0n) is 29.5. The molecule has 7 rings (SSSR count). The molecule has 0 aliphatic carbocycles. The molecule has 1 fully saturated rings. The van der Waals surface area contributed by atoms with E-state index in [9.17, 15) is 23.4 Å². The van der Waals surface area contributed by atoms with E-state index in [0.29, 0.717) is 24.4 Å². The maximum atomic E-state index is 13.5. The molecule has 6 aromatic rings. The first kappa shape index (κ1) is 36.8. The zero-order valence-corrected chi connectivity index (χ0v) is 30.3. The van der Waals surface area contributed by atoms with Gasteiger partial charge < -0.3 is 25.6 Å². The third-order valence-electron chi connectivity index (χ3n) is 9.41. The van der Waals surface area contributed by atoms with Crippen molar-refractivity contribution in [3.63, 3.8) is 0 Å². The first-order chi connectivity index (χ1) is 26.2. The summed E-state index contributed by atoms with van der Waals surface area (Å²) in [6.45, 7) is 2.33. The molecule has 0 unspecified atom stereocenters. The summed E-state index contributed by atoms with van der Waals surface area (Å²) >= 11 is 0. The van der Waals surface area contributed by atoms with Crippen LogP contribution in [0.15, 0.2) is 126 Å². The van der Waals surface area contributed by atoms with Crippen molar-refractivity contribution in [1.82, 2.24) is 29.6 Å². The molecule has 0 spiro atoms. The van der Waals surface area contributed by atoms with Crippen molar-refractivity contribution in [1.29, 1.82) is 0 Å². The normalized spacial score (nSPS) is 18.6. The second kappa shape index (κ2) is 16.2. The Balaban J connectivity index is 1.20. The van der Waals surface area contributed by atoms with Gasteiger partial charge in [0.2, 0.25) is 15.9 Å². The number of anilines is 1. The van der Waals surface area contributed by atoms with Crippen LogP contribution in [-0.2, 0) is 26.1 Å². The number of ether oxygens (including phenoxy) is 1. The molecule has 0 saturated carbocycles. The van der Waals surface area contributed by atoms with Crippen molar-refractivity contribution in [2.24, 2.45) is 0 Å². The first-order valence-electron chi connectivity index (χ1n) is 17.7. The summed E-state index contributed by atoms with van der Waals surface area (Å²) in [5.41, 5.74) is 4.58. The Hall–Kier alpha value is -5.51. The molecular formula is C40H41N7O6S. The minimum absolute atomic E-state index is 0.0783. The molecule has 14 heteroatoms. The second-order valence-electron chi connectivity index (χ2n) is 13.0. The lowest BCUT2D eigenvalue weighted by Crippen LogP contribution is -2.35. The largest absolute Gasteiger partial charge is 0.388 e. The molecule has 1 aliphatic rings. The van der Waals surface area contributed by atoms with Crippen LogP contribution in [0.25, 0.3) is 22.3 Å². The molecule has 4 aromatic carbocycles. The average Bonchev–Trinajstić information content (AvgIpc) is 3.74. The molecule has 278 valence electrons. The summed E-state index contributed by atoms with van der Waals surface area (Å²) < 4.78 is 37.1. The first-order valence-corrected chi connectivity index (χ1v) is 19.2. The molecule has 1 amide bonds. The molecule has 4 atom stereocenters. The number of hydrogen-bond acceptors (Lipinski definition) is 10. The number of fused-ring (bicyclic) bond motifs is 1. The Morgan fingerprint density at radius 2 is 1.44 bits per heavy atom. The summed E-state index contributed by atoms with van der Waals surface area (Å²) in [4.78, 5) is 26.4. The number of aliphatic hydroxyl groups excluding tert-OH is 2. The summed E-state index contributed by atoms with van der Waals surface area (Å²) in [7, 11) is -3.98. The molecule has 1 aliphatic heterocycles. The highest BCUT2D eigenvalue weighted by Crippen LogP contribution is 2.34. The third kappa shape index (κ3) is 8.02. The fourth-order valence-electron chi connectivity index (χ4n) is 6.63. The Bertz CT molecular complexity index is 2250. The lowest BCUT2D eigenvalue weighted by atomic mass is 9.91. The van der Waals surface area contributed by atoms with Gasteiger partial charge in [-0.3, -0.25) is 9.36 Å². The van der Waals surface area contributed by atoms with E-state index in [1.807, 2.05) is 66.7 Å². The Kier molecular flexibility index (Phi) is 11.1. The Labute approximate surface area is 313 Å². The number of rotatable bonds is 14. The van der Waals surface area contributed by atoms with Crippen LogP contribution in [0.5, 0.6) is 0 Å². The topological polar surface area (TPSA) is 181 Å². The number of carbonyl (C=O) groups excluding carboxylic acids is 1. The van der Waals surface area contributed by atoms with E-state index < -0.39 is 34.6 Å². The quantitative estimate of drug-likeness (QED) is 0.108. The number of aliphatic hydroxyl groups is 2. The van der Waals surface area contributed by atoms with Gasteiger partial charge in [0, 0.05) is 19.0 Å². The van der Waals surface area contributed by atoms with Gasteiger partial charge in [-0.2, -0.15) is 0 Å². The molecule has 3 heterocycles. The zero-order chi connectivity index (χ0) is 37.7. The van der Waals surface area contributed by atoms with E-state index in [1.165, 1.54) is 10.9 Å². The van der Waals surface area contributed by atoms with Gasteiger partial charge in [0.15, 0.2) is 23.2 Å². The Morgan fingerprint density at radius 1 is 0.833 bits per heavy atom. The predicted molar refractivity (Wildman–Crippen MR) is 204 cm³/mol. The van der Waals surface area contributed by atoms with Gasteiger partial charge >= 0.3 is 0 Å². The number of amides is 1. The summed E-state index contributed by atoms with van der Waals surface area (Å²) in [6, 6.07) is 36.3. The predicted octanol–water partition coefficient (Wildman–Crippen LogP) is 4.36. The molecular weight excluding hydrogens is 707 g/mol. The molecule has 2 aromatic heterocycles. The summed E-state index contributed by atoms with van der Waals surface area (Å²) in [6.07, 6.45) is -3.61. The number of benzene rings is 4. The lowest BCUT2D eigenvalue weighted by molar-refractivity contribution is -0.125. The minimum Gasteiger partial charge on any atom is -0.388 e. The monoisotopic (exact) mass is 747 g/mol. The third-order valence-corrected chi connectivity index (χ3v) is 10.8. The fourth-order valence-corrected chi connectivity index (χ4v) is 7.61. The van der Waals surface area contributed by atoms with Crippen LogP contribution in [0.1, 0.15) is 42.4 Å².